The summed E-state index contributed by atoms with van der Waals surface area (Å²) in [4.78, 5) is 9.26. The van der Waals surface area contributed by atoms with Crippen LogP contribution in [0, 0.1) is 31.5 Å². The third-order valence-corrected chi connectivity index (χ3v) is 12.2. The van der Waals surface area contributed by atoms with Crippen LogP contribution in [0.2, 0.25) is 0 Å². The maximum Gasteiger partial charge on any atom is 0.135 e. The molecule has 0 unspecified atom stereocenters. The molecule has 7 aromatic carbocycles. The van der Waals surface area contributed by atoms with Crippen molar-refractivity contribution in [3.05, 3.63) is 199 Å². The Hall–Kier alpha value is -6.49. The van der Waals surface area contributed by atoms with E-state index in [9.17, 15) is 4.39 Å². The van der Waals surface area contributed by atoms with Crippen molar-refractivity contribution in [3.8, 4) is 39.6 Å². The van der Waals surface area contributed by atoms with Crippen LogP contribution >= 0.6 is 0 Å². The predicted octanol–water partition coefficient (Wildman–Crippen LogP) is 16.1. The third kappa shape index (κ3) is 8.14. The molecular weight excluding hydrogens is 983 g/mol. The van der Waals surface area contributed by atoms with E-state index in [-0.39, 0.29) is 38.7 Å². The van der Waals surface area contributed by atoms with Crippen molar-refractivity contribution in [2.45, 2.75) is 66.2 Å². The van der Waals surface area contributed by atoms with Crippen LogP contribution in [-0.2, 0) is 21.1 Å². The SMILES string of the molecule is [2H]C(C)(C)c1ccccc1-c1cc(Oc2[c-]c3c(cc2)c2ccccc2n3-c2cc(C)ccn2)[c-]c(N2[CH-]N(c3c(C(C)C)cc(-c4cccc(F)c4)cc3C(C)C)c3ccccc32)c1.[Pt]. The van der Waals surface area contributed by atoms with Crippen molar-refractivity contribution in [3.63, 3.8) is 0 Å². The number of halogens is 1. The van der Waals surface area contributed by atoms with Crippen LogP contribution in [0.1, 0.15) is 82.9 Å². The number of hydrogen-bond acceptors (Lipinski definition) is 4. The molecule has 65 heavy (non-hydrogen) atoms. The van der Waals surface area contributed by atoms with Crippen LogP contribution in [0.25, 0.3) is 49.9 Å². The number of ether oxygens (including phenoxy) is 1. The molecule has 1 aliphatic heterocycles. The van der Waals surface area contributed by atoms with Gasteiger partial charge in [-0.1, -0.05) is 114 Å². The number of anilines is 4. The largest absolute Gasteiger partial charge is 0.509 e. The average molecular weight is 1030 g/mol. The van der Waals surface area contributed by atoms with Crippen molar-refractivity contribution in [1.29, 1.82) is 0 Å². The maximum atomic E-state index is 14.6. The summed E-state index contributed by atoms with van der Waals surface area (Å²) in [6.45, 7) is 16.9. The van der Waals surface area contributed by atoms with Crippen LogP contribution in [-0.4, -0.2) is 9.55 Å². The molecule has 3 heterocycles. The number of aromatic nitrogens is 2. The normalized spacial score (nSPS) is 12.9. The summed E-state index contributed by atoms with van der Waals surface area (Å²) < 4.78 is 32.8. The molecule has 0 atom stereocenters. The number of aryl methyl sites for hydroxylation is 1. The van der Waals surface area contributed by atoms with Gasteiger partial charge in [0.1, 0.15) is 11.6 Å². The molecule has 9 aromatic rings. The number of rotatable bonds is 10. The number of para-hydroxylation sites is 3. The zero-order chi connectivity index (χ0) is 45.1. The van der Waals surface area contributed by atoms with Gasteiger partial charge in [0.15, 0.2) is 0 Å². The molecule has 2 aromatic heterocycles. The van der Waals surface area contributed by atoms with E-state index in [4.69, 9.17) is 11.1 Å². The molecule has 10 rings (SSSR count). The zero-order valence-electron chi connectivity index (χ0n) is 38.6. The second kappa shape index (κ2) is 17.8. The summed E-state index contributed by atoms with van der Waals surface area (Å²) in [7, 11) is 0. The van der Waals surface area contributed by atoms with E-state index in [1.54, 1.807) is 12.1 Å². The molecule has 0 amide bonds. The molecule has 1 aliphatic rings. The van der Waals surface area contributed by atoms with Crippen molar-refractivity contribution < 1.29 is 31.6 Å². The summed E-state index contributed by atoms with van der Waals surface area (Å²) in [5.74, 6) is 1.08. The average Bonchev–Trinajstić information content (AvgIpc) is 3.84. The minimum Gasteiger partial charge on any atom is -0.509 e. The van der Waals surface area contributed by atoms with Gasteiger partial charge in [-0.3, -0.25) is 0 Å². The smallest absolute Gasteiger partial charge is 0.135 e. The van der Waals surface area contributed by atoms with Crippen molar-refractivity contribution in [1.82, 2.24) is 9.55 Å². The van der Waals surface area contributed by atoms with E-state index in [1.807, 2.05) is 68.6 Å². The van der Waals surface area contributed by atoms with Crippen LogP contribution in [0.5, 0.6) is 11.5 Å². The van der Waals surface area contributed by atoms with Crippen LogP contribution in [0.3, 0.4) is 0 Å². The fourth-order valence-corrected chi connectivity index (χ4v) is 9.13. The summed E-state index contributed by atoms with van der Waals surface area (Å²) in [6.07, 6.45) is 1.84. The van der Waals surface area contributed by atoms with Gasteiger partial charge in [-0.25, -0.2) is 9.37 Å². The zero-order valence-corrected chi connectivity index (χ0v) is 39.8. The van der Waals surface area contributed by atoms with Gasteiger partial charge in [-0.2, -0.15) is 6.07 Å². The number of pyridine rings is 1. The predicted molar refractivity (Wildman–Crippen MR) is 262 cm³/mol. The van der Waals surface area contributed by atoms with E-state index in [1.165, 1.54) is 17.2 Å². The Bertz CT molecular complexity index is 3250. The first-order chi connectivity index (χ1) is 31.3. The quantitative estimate of drug-likeness (QED) is 0.128. The minimum atomic E-state index is -0.866. The monoisotopic (exact) mass is 1030 g/mol. The van der Waals surface area contributed by atoms with E-state index in [0.29, 0.717) is 11.5 Å². The molecule has 328 valence electrons. The fourth-order valence-electron chi connectivity index (χ4n) is 9.13. The van der Waals surface area contributed by atoms with Gasteiger partial charge in [0.05, 0.1) is 0 Å². The van der Waals surface area contributed by atoms with Crippen LogP contribution in [0.15, 0.2) is 152 Å². The Balaban J connectivity index is 0.00000548. The van der Waals surface area contributed by atoms with E-state index >= 15 is 0 Å². The molecule has 0 saturated carbocycles. The van der Waals surface area contributed by atoms with Gasteiger partial charge < -0.3 is 19.1 Å². The summed E-state index contributed by atoms with van der Waals surface area (Å²) >= 11 is 0. The molecular formula is C58H50FN4OPt-3. The summed E-state index contributed by atoms with van der Waals surface area (Å²) in [5.41, 5.74) is 13.9. The first-order valence-electron chi connectivity index (χ1n) is 22.5. The molecule has 0 bridgehead atoms. The molecule has 0 N–H and O–H groups in total. The Morgan fingerprint density at radius 3 is 2.06 bits per heavy atom. The van der Waals surface area contributed by atoms with Gasteiger partial charge >= 0.3 is 0 Å². The Morgan fingerprint density at radius 1 is 0.631 bits per heavy atom. The minimum absolute atomic E-state index is 0. The van der Waals surface area contributed by atoms with Gasteiger partial charge in [0.25, 0.3) is 0 Å². The molecule has 5 nitrogen and oxygen atoms in total. The van der Waals surface area contributed by atoms with E-state index in [2.05, 4.69) is 147 Å². The van der Waals surface area contributed by atoms with Gasteiger partial charge in [0.2, 0.25) is 0 Å². The molecule has 0 radical (unpaired) electrons. The Labute approximate surface area is 397 Å². The fraction of sp³-hybridized carbons (Fsp3) is 0.172. The molecule has 0 spiro atoms. The van der Waals surface area contributed by atoms with Crippen LogP contribution < -0.4 is 14.5 Å². The maximum absolute atomic E-state index is 14.6. The number of hydrogen-bond donors (Lipinski definition) is 0. The second-order valence-corrected chi connectivity index (χ2v) is 17.6. The van der Waals surface area contributed by atoms with E-state index in [0.717, 1.165) is 83.8 Å². The van der Waals surface area contributed by atoms with E-state index < -0.39 is 5.89 Å². The van der Waals surface area contributed by atoms with Gasteiger partial charge in [0, 0.05) is 62.7 Å². The molecule has 0 fully saturated rings. The topological polar surface area (TPSA) is 33.5 Å². The molecule has 0 saturated heterocycles. The Morgan fingerprint density at radius 2 is 1.34 bits per heavy atom. The third-order valence-electron chi connectivity index (χ3n) is 12.2. The standard InChI is InChI=1S/C58H50FN4O.Pt/c1-36(2)47-17-8-9-18-48(47)42-29-44(33-46(30-42)64-45-23-24-50-49-19-10-11-20-53(49)63(56(50)34-45)57-27-39(7)25-26-60-57)61-35-62(55-22-13-12-21-54(55)61)58-51(37(3)4)31-41(32-52(58)38(5)6)40-15-14-16-43(59)28-40;/h8-32,35-38H,1-7H3;/q-3;/i36D;. The Kier molecular flexibility index (Phi) is 11.6. The molecule has 0 aliphatic carbocycles. The first-order valence-corrected chi connectivity index (χ1v) is 22.0. The van der Waals surface area contributed by atoms with Gasteiger partial charge in [-0.15, -0.1) is 53.6 Å². The van der Waals surface area contributed by atoms with Crippen molar-refractivity contribution >= 4 is 44.6 Å². The van der Waals surface area contributed by atoms with Crippen molar-refractivity contribution in [2.24, 2.45) is 0 Å². The second-order valence-electron chi connectivity index (χ2n) is 17.6. The van der Waals surface area contributed by atoms with Crippen molar-refractivity contribution in [2.75, 3.05) is 9.80 Å². The number of nitrogens with zero attached hydrogens (tertiary/aromatic N) is 4. The summed E-state index contributed by atoms with van der Waals surface area (Å²) in [6, 6.07) is 55.8. The summed E-state index contributed by atoms with van der Waals surface area (Å²) in [5, 5.41) is 2.16. The molecule has 7 heteroatoms. The number of fused-ring (bicyclic) bond motifs is 4. The number of benzene rings is 7. The first kappa shape index (κ1) is 42.5. The van der Waals surface area contributed by atoms with Crippen LogP contribution in [0.4, 0.5) is 27.1 Å². The van der Waals surface area contributed by atoms with Gasteiger partial charge in [-0.05, 0) is 124 Å².